The predicted molar refractivity (Wildman–Crippen MR) is 75.9 cm³/mol. The molecule has 0 amide bonds. The second-order valence-electron chi connectivity index (χ2n) is 5.72. The summed E-state index contributed by atoms with van der Waals surface area (Å²) in [6.07, 6.45) is 9.66. The Labute approximate surface area is 119 Å². The summed E-state index contributed by atoms with van der Waals surface area (Å²) in [5.74, 6) is 1.45. The van der Waals surface area contributed by atoms with Gasteiger partial charge in [-0.25, -0.2) is 9.97 Å². The van der Waals surface area contributed by atoms with Crippen molar-refractivity contribution in [1.82, 2.24) is 9.97 Å². The maximum absolute atomic E-state index is 6.07. The number of ether oxygens (including phenoxy) is 1. The summed E-state index contributed by atoms with van der Waals surface area (Å²) in [6.45, 7) is 2.09. The van der Waals surface area contributed by atoms with Crippen molar-refractivity contribution in [2.45, 2.75) is 38.5 Å². The maximum atomic E-state index is 6.07. The van der Waals surface area contributed by atoms with Crippen LogP contribution in [-0.2, 0) is 0 Å². The number of halogens is 1. The normalized spacial score (nSPS) is 21.9. The Morgan fingerprint density at radius 3 is 2.47 bits per heavy atom. The van der Waals surface area contributed by atoms with Crippen LogP contribution in [0.3, 0.4) is 0 Å². The Morgan fingerprint density at radius 1 is 1.16 bits per heavy atom. The summed E-state index contributed by atoms with van der Waals surface area (Å²) in [5.41, 5.74) is 0.612. The quantitative estimate of drug-likeness (QED) is 0.780. The van der Waals surface area contributed by atoms with Gasteiger partial charge < -0.3 is 9.64 Å². The molecule has 1 saturated carbocycles. The van der Waals surface area contributed by atoms with E-state index in [1.54, 1.807) is 7.11 Å². The van der Waals surface area contributed by atoms with Crippen LogP contribution < -0.4 is 9.64 Å². The molecular weight excluding hydrogens is 262 g/mol. The fourth-order valence-electron chi connectivity index (χ4n) is 3.56. The van der Waals surface area contributed by atoms with Crippen molar-refractivity contribution >= 4 is 17.4 Å². The Morgan fingerprint density at radius 2 is 1.84 bits per heavy atom. The summed E-state index contributed by atoms with van der Waals surface area (Å²) in [5, 5.41) is 0.397. The minimum Gasteiger partial charge on any atom is -0.490 e. The molecule has 4 nitrogen and oxygen atoms in total. The fraction of sp³-hybridized carbons (Fsp3) is 0.714. The predicted octanol–water partition coefficient (Wildman–Crippen LogP) is 3.30. The van der Waals surface area contributed by atoms with Crippen LogP contribution >= 0.6 is 11.6 Å². The number of aromatic nitrogens is 2. The van der Waals surface area contributed by atoms with Gasteiger partial charge in [0.1, 0.15) is 6.33 Å². The number of nitrogens with zero attached hydrogens (tertiary/aromatic N) is 3. The van der Waals surface area contributed by atoms with Crippen LogP contribution in [0.5, 0.6) is 5.75 Å². The van der Waals surface area contributed by atoms with Crippen LogP contribution in [0, 0.1) is 5.41 Å². The molecule has 1 spiro atoms. The topological polar surface area (TPSA) is 38.3 Å². The molecule has 0 bridgehead atoms. The highest BCUT2D eigenvalue weighted by atomic mass is 35.5. The monoisotopic (exact) mass is 281 g/mol. The first-order valence-corrected chi connectivity index (χ1v) is 7.41. The molecule has 2 fully saturated rings. The summed E-state index contributed by atoms with van der Waals surface area (Å²) in [7, 11) is 1.62. The van der Waals surface area contributed by atoms with Crippen molar-refractivity contribution in [3.8, 4) is 5.75 Å². The van der Waals surface area contributed by atoms with Gasteiger partial charge in [-0.3, -0.25) is 0 Å². The summed E-state index contributed by atoms with van der Waals surface area (Å²) >= 11 is 6.07. The summed E-state index contributed by atoms with van der Waals surface area (Å²) < 4.78 is 5.35. The molecule has 3 rings (SSSR count). The lowest BCUT2D eigenvalue weighted by Gasteiger charge is -2.40. The van der Waals surface area contributed by atoms with Crippen molar-refractivity contribution < 1.29 is 4.74 Å². The van der Waals surface area contributed by atoms with E-state index in [0.29, 0.717) is 16.3 Å². The molecule has 1 aliphatic carbocycles. The minimum atomic E-state index is 0.397. The second-order valence-corrected chi connectivity index (χ2v) is 6.07. The van der Waals surface area contributed by atoms with E-state index in [1.165, 1.54) is 44.9 Å². The molecule has 0 N–H and O–H groups in total. The third-order valence-electron chi connectivity index (χ3n) is 4.73. The van der Waals surface area contributed by atoms with E-state index in [9.17, 15) is 0 Å². The first-order valence-electron chi connectivity index (χ1n) is 7.04. The number of rotatable bonds is 2. The average Bonchev–Trinajstić information content (AvgIpc) is 2.88. The van der Waals surface area contributed by atoms with Crippen molar-refractivity contribution in [2.24, 2.45) is 5.41 Å². The first kappa shape index (κ1) is 13.0. The molecular formula is C14H20ClN3O. The zero-order valence-corrected chi connectivity index (χ0v) is 12.1. The Bertz CT molecular complexity index is 450. The third kappa shape index (κ3) is 2.38. The van der Waals surface area contributed by atoms with Gasteiger partial charge in [0, 0.05) is 13.1 Å². The first-order chi connectivity index (χ1) is 9.24. The van der Waals surface area contributed by atoms with E-state index in [4.69, 9.17) is 16.3 Å². The second kappa shape index (κ2) is 5.16. The number of hydrogen-bond acceptors (Lipinski definition) is 4. The molecule has 2 aliphatic rings. The number of anilines is 1. The third-order valence-corrected chi connectivity index (χ3v) is 5.00. The van der Waals surface area contributed by atoms with Gasteiger partial charge >= 0.3 is 0 Å². The van der Waals surface area contributed by atoms with E-state index in [-0.39, 0.29) is 0 Å². The molecule has 1 aromatic heterocycles. The smallest absolute Gasteiger partial charge is 0.199 e. The van der Waals surface area contributed by atoms with Crippen molar-refractivity contribution in [3.63, 3.8) is 0 Å². The van der Waals surface area contributed by atoms with Gasteiger partial charge in [-0.15, -0.1) is 0 Å². The van der Waals surface area contributed by atoms with Gasteiger partial charge in [-0.2, -0.15) is 0 Å². The molecule has 0 aromatic carbocycles. The SMILES string of the molecule is COc1c(Cl)ncnc1N1CCC2(CCCC2)CC1. The lowest BCUT2D eigenvalue weighted by Crippen LogP contribution is -2.39. The van der Waals surface area contributed by atoms with E-state index < -0.39 is 0 Å². The van der Waals surface area contributed by atoms with Gasteiger partial charge in [-0.05, 0) is 31.1 Å². The number of methoxy groups -OCH3 is 1. The van der Waals surface area contributed by atoms with Crippen LogP contribution in [0.25, 0.3) is 0 Å². The van der Waals surface area contributed by atoms with Gasteiger partial charge in [0.05, 0.1) is 7.11 Å². The zero-order chi connectivity index (χ0) is 13.3. The van der Waals surface area contributed by atoms with Gasteiger partial charge in [0.15, 0.2) is 16.7 Å². The highest BCUT2D eigenvalue weighted by molar-refractivity contribution is 6.31. The Kier molecular flexibility index (Phi) is 3.52. The standard InChI is InChI=1S/C14H20ClN3O/c1-19-11-12(15)16-10-17-13(11)18-8-6-14(7-9-18)4-2-3-5-14/h10H,2-9H2,1H3. The fourth-order valence-corrected chi connectivity index (χ4v) is 3.77. The molecule has 5 heteroatoms. The van der Waals surface area contributed by atoms with E-state index in [0.717, 1.165) is 18.9 Å². The van der Waals surface area contributed by atoms with Crippen LogP contribution in [-0.4, -0.2) is 30.2 Å². The Balaban J connectivity index is 1.76. The van der Waals surface area contributed by atoms with Crippen molar-refractivity contribution in [1.29, 1.82) is 0 Å². The molecule has 104 valence electrons. The zero-order valence-electron chi connectivity index (χ0n) is 11.4. The lowest BCUT2D eigenvalue weighted by molar-refractivity contribution is 0.225. The minimum absolute atomic E-state index is 0.397. The molecule has 0 radical (unpaired) electrons. The lowest BCUT2D eigenvalue weighted by atomic mass is 9.77. The number of piperidine rings is 1. The Hall–Kier alpha value is -1.03. The van der Waals surface area contributed by atoms with Gasteiger partial charge in [0.2, 0.25) is 0 Å². The van der Waals surface area contributed by atoms with Crippen molar-refractivity contribution in [2.75, 3.05) is 25.1 Å². The van der Waals surface area contributed by atoms with Crippen LogP contribution in [0.2, 0.25) is 5.15 Å². The van der Waals surface area contributed by atoms with Crippen molar-refractivity contribution in [3.05, 3.63) is 11.5 Å². The average molecular weight is 282 g/mol. The molecule has 1 saturated heterocycles. The molecule has 1 aromatic rings. The highest BCUT2D eigenvalue weighted by Gasteiger charge is 2.37. The van der Waals surface area contributed by atoms with E-state index in [1.807, 2.05) is 0 Å². The van der Waals surface area contributed by atoms with Crippen LogP contribution in [0.15, 0.2) is 6.33 Å². The van der Waals surface area contributed by atoms with Gasteiger partial charge in [0.25, 0.3) is 0 Å². The van der Waals surface area contributed by atoms with Gasteiger partial charge in [-0.1, -0.05) is 24.4 Å². The molecule has 0 unspecified atom stereocenters. The molecule has 0 atom stereocenters. The van der Waals surface area contributed by atoms with E-state index >= 15 is 0 Å². The molecule has 1 aliphatic heterocycles. The molecule has 2 heterocycles. The maximum Gasteiger partial charge on any atom is 0.199 e. The van der Waals surface area contributed by atoms with Crippen LogP contribution in [0.4, 0.5) is 5.82 Å². The summed E-state index contributed by atoms with van der Waals surface area (Å²) in [6, 6.07) is 0. The highest BCUT2D eigenvalue weighted by Crippen LogP contribution is 2.47. The van der Waals surface area contributed by atoms with E-state index in [2.05, 4.69) is 14.9 Å². The number of hydrogen-bond donors (Lipinski definition) is 0. The largest absolute Gasteiger partial charge is 0.490 e. The summed E-state index contributed by atoms with van der Waals surface area (Å²) in [4.78, 5) is 10.6. The molecule has 19 heavy (non-hydrogen) atoms. The van der Waals surface area contributed by atoms with Crippen LogP contribution in [0.1, 0.15) is 38.5 Å².